The summed E-state index contributed by atoms with van der Waals surface area (Å²) in [4.78, 5) is 24.1. The molecule has 1 atom stereocenters. The fourth-order valence-corrected chi connectivity index (χ4v) is 2.04. The summed E-state index contributed by atoms with van der Waals surface area (Å²) < 4.78 is 23.9. The lowest BCUT2D eigenvalue weighted by Gasteiger charge is -2.15. The Labute approximate surface area is 144 Å². The van der Waals surface area contributed by atoms with Gasteiger partial charge in [-0.1, -0.05) is 18.2 Å². The first-order valence-electron chi connectivity index (χ1n) is 7.58. The average molecular weight is 346 g/mol. The molecule has 0 unspecified atom stereocenters. The Morgan fingerprint density at radius 2 is 1.80 bits per heavy atom. The lowest BCUT2D eigenvalue weighted by molar-refractivity contribution is -0.128. The van der Waals surface area contributed by atoms with Crippen LogP contribution in [0.5, 0.6) is 11.5 Å². The van der Waals surface area contributed by atoms with Crippen LogP contribution in [-0.2, 0) is 4.79 Å². The van der Waals surface area contributed by atoms with E-state index in [0.29, 0.717) is 11.3 Å². The molecule has 0 aliphatic rings. The van der Waals surface area contributed by atoms with E-state index in [1.165, 1.54) is 32.2 Å². The minimum absolute atomic E-state index is 0.0419. The Hall–Kier alpha value is -3.09. The first-order valence-corrected chi connectivity index (χ1v) is 7.58. The molecule has 2 amide bonds. The maximum absolute atomic E-state index is 13.5. The van der Waals surface area contributed by atoms with Gasteiger partial charge in [0.05, 0.1) is 7.11 Å². The van der Waals surface area contributed by atoms with Gasteiger partial charge in [0.2, 0.25) is 0 Å². The summed E-state index contributed by atoms with van der Waals surface area (Å²) >= 11 is 0. The molecule has 0 spiro atoms. The van der Waals surface area contributed by atoms with Crippen LogP contribution in [-0.4, -0.2) is 25.0 Å². The molecule has 0 fully saturated rings. The second-order valence-corrected chi connectivity index (χ2v) is 5.32. The molecular weight excluding hydrogens is 327 g/mol. The van der Waals surface area contributed by atoms with Crippen LogP contribution in [0.25, 0.3) is 0 Å². The van der Waals surface area contributed by atoms with Crippen LogP contribution in [0, 0.1) is 12.7 Å². The molecule has 132 valence electrons. The number of methoxy groups -OCH3 is 1. The van der Waals surface area contributed by atoms with E-state index in [1.54, 1.807) is 24.3 Å². The lowest BCUT2D eigenvalue weighted by Crippen LogP contribution is -2.47. The highest BCUT2D eigenvalue weighted by Gasteiger charge is 2.17. The number of hydrogen-bond donors (Lipinski definition) is 2. The van der Waals surface area contributed by atoms with E-state index in [9.17, 15) is 14.0 Å². The molecule has 2 N–H and O–H groups in total. The van der Waals surface area contributed by atoms with Gasteiger partial charge in [0.25, 0.3) is 11.8 Å². The summed E-state index contributed by atoms with van der Waals surface area (Å²) in [5.74, 6) is -1.17. The Balaban J connectivity index is 1.92. The number of para-hydroxylation sites is 1. The third kappa shape index (κ3) is 4.69. The number of benzene rings is 2. The van der Waals surface area contributed by atoms with E-state index in [1.807, 2.05) is 6.92 Å². The van der Waals surface area contributed by atoms with Crippen molar-refractivity contribution < 1.29 is 23.5 Å². The average Bonchev–Trinajstić information content (AvgIpc) is 2.61. The van der Waals surface area contributed by atoms with Gasteiger partial charge in [-0.25, -0.2) is 4.39 Å². The Morgan fingerprint density at radius 1 is 1.08 bits per heavy atom. The topological polar surface area (TPSA) is 76.7 Å². The van der Waals surface area contributed by atoms with Crippen LogP contribution in [0.2, 0.25) is 0 Å². The van der Waals surface area contributed by atoms with Crippen LogP contribution in [0.3, 0.4) is 0 Å². The monoisotopic (exact) mass is 346 g/mol. The molecule has 25 heavy (non-hydrogen) atoms. The van der Waals surface area contributed by atoms with Gasteiger partial charge >= 0.3 is 0 Å². The van der Waals surface area contributed by atoms with E-state index in [0.717, 1.165) is 5.56 Å². The molecule has 0 radical (unpaired) electrons. The number of aryl methyl sites for hydroxylation is 1. The molecule has 0 saturated carbocycles. The van der Waals surface area contributed by atoms with E-state index >= 15 is 0 Å². The van der Waals surface area contributed by atoms with Crippen molar-refractivity contribution in [2.24, 2.45) is 0 Å². The first kappa shape index (κ1) is 18.3. The van der Waals surface area contributed by atoms with E-state index < -0.39 is 23.7 Å². The number of hydrogen-bond acceptors (Lipinski definition) is 4. The fraction of sp³-hybridized carbons (Fsp3) is 0.222. The van der Waals surface area contributed by atoms with Gasteiger partial charge in [-0.15, -0.1) is 0 Å². The standard InChI is InChI=1S/C18H19FN2O4/c1-11-8-9-13(10-16(11)24-3)18(23)21-20-17(22)12(2)25-15-7-5-4-6-14(15)19/h4-10,12H,1-3H3,(H,20,22)(H,21,23)/t12-/m0/s1. The maximum Gasteiger partial charge on any atom is 0.279 e. The molecule has 0 saturated heterocycles. The number of amides is 2. The summed E-state index contributed by atoms with van der Waals surface area (Å²) in [7, 11) is 1.51. The number of rotatable bonds is 5. The van der Waals surface area contributed by atoms with Gasteiger partial charge < -0.3 is 9.47 Å². The van der Waals surface area contributed by atoms with Crippen LogP contribution in [0.4, 0.5) is 4.39 Å². The van der Waals surface area contributed by atoms with Gasteiger partial charge in [-0.3, -0.25) is 20.4 Å². The molecule has 0 heterocycles. The molecule has 2 rings (SSSR count). The largest absolute Gasteiger partial charge is 0.496 e. The van der Waals surface area contributed by atoms with Crippen molar-refractivity contribution in [1.82, 2.24) is 10.9 Å². The zero-order chi connectivity index (χ0) is 18.4. The fourth-order valence-electron chi connectivity index (χ4n) is 2.04. The van der Waals surface area contributed by atoms with Gasteiger partial charge in [0.1, 0.15) is 5.75 Å². The highest BCUT2D eigenvalue weighted by molar-refractivity contribution is 5.96. The van der Waals surface area contributed by atoms with Crippen LogP contribution < -0.4 is 20.3 Å². The molecule has 0 bridgehead atoms. The van der Waals surface area contributed by atoms with Crippen LogP contribution in [0.1, 0.15) is 22.8 Å². The predicted molar refractivity (Wildman–Crippen MR) is 89.8 cm³/mol. The molecule has 0 aliphatic heterocycles. The minimum atomic E-state index is -0.996. The predicted octanol–water partition coefficient (Wildman–Crippen LogP) is 2.37. The van der Waals surface area contributed by atoms with E-state index in [4.69, 9.17) is 9.47 Å². The summed E-state index contributed by atoms with van der Waals surface area (Å²) in [6.45, 7) is 3.30. The van der Waals surface area contributed by atoms with Crippen LogP contribution >= 0.6 is 0 Å². The van der Waals surface area contributed by atoms with Crippen molar-refractivity contribution in [3.8, 4) is 11.5 Å². The molecule has 0 aromatic heterocycles. The van der Waals surface area contributed by atoms with Gasteiger partial charge in [0.15, 0.2) is 17.7 Å². The van der Waals surface area contributed by atoms with Crippen molar-refractivity contribution in [1.29, 1.82) is 0 Å². The second kappa shape index (κ2) is 8.14. The SMILES string of the molecule is COc1cc(C(=O)NNC(=O)[C@H](C)Oc2ccccc2F)ccc1C. The number of hydrazine groups is 1. The van der Waals surface area contributed by atoms with Crippen molar-refractivity contribution in [2.45, 2.75) is 20.0 Å². The molecule has 7 heteroatoms. The molecule has 0 aliphatic carbocycles. The van der Waals surface area contributed by atoms with Crippen molar-refractivity contribution in [3.05, 3.63) is 59.4 Å². The van der Waals surface area contributed by atoms with Crippen molar-refractivity contribution >= 4 is 11.8 Å². The third-order valence-corrected chi connectivity index (χ3v) is 3.48. The van der Waals surface area contributed by atoms with Gasteiger partial charge in [-0.05, 0) is 43.7 Å². The number of ether oxygens (including phenoxy) is 2. The number of nitrogens with one attached hydrogen (secondary N) is 2. The quantitative estimate of drug-likeness (QED) is 0.815. The highest BCUT2D eigenvalue weighted by Crippen LogP contribution is 2.19. The number of carbonyl (C=O) groups excluding carboxylic acids is 2. The smallest absolute Gasteiger partial charge is 0.279 e. The van der Waals surface area contributed by atoms with Gasteiger partial charge in [0, 0.05) is 5.56 Å². The zero-order valence-electron chi connectivity index (χ0n) is 14.1. The number of carbonyl (C=O) groups is 2. The molecular formula is C18H19FN2O4. The molecule has 6 nitrogen and oxygen atoms in total. The Morgan fingerprint density at radius 3 is 2.48 bits per heavy atom. The number of halogens is 1. The van der Waals surface area contributed by atoms with E-state index in [-0.39, 0.29) is 5.75 Å². The van der Waals surface area contributed by atoms with Crippen molar-refractivity contribution in [2.75, 3.05) is 7.11 Å². The van der Waals surface area contributed by atoms with E-state index in [2.05, 4.69) is 10.9 Å². The summed E-state index contributed by atoms with van der Waals surface area (Å²) in [5.41, 5.74) is 5.74. The summed E-state index contributed by atoms with van der Waals surface area (Å²) in [6.07, 6.45) is -0.996. The zero-order valence-corrected chi connectivity index (χ0v) is 14.1. The lowest BCUT2D eigenvalue weighted by atomic mass is 10.1. The van der Waals surface area contributed by atoms with Gasteiger partial charge in [-0.2, -0.15) is 0 Å². The second-order valence-electron chi connectivity index (χ2n) is 5.32. The Bertz CT molecular complexity index is 779. The molecule has 2 aromatic carbocycles. The third-order valence-electron chi connectivity index (χ3n) is 3.48. The summed E-state index contributed by atoms with van der Waals surface area (Å²) in [5, 5.41) is 0. The first-order chi connectivity index (χ1) is 11.9. The summed E-state index contributed by atoms with van der Waals surface area (Å²) in [6, 6.07) is 10.7. The van der Waals surface area contributed by atoms with Crippen molar-refractivity contribution in [3.63, 3.8) is 0 Å². The Kier molecular flexibility index (Phi) is 5.94. The maximum atomic E-state index is 13.5. The molecule has 2 aromatic rings. The normalized spacial score (nSPS) is 11.4. The van der Waals surface area contributed by atoms with Crippen LogP contribution in [0.15, 0.2) is 42.5 Å². The highest BCUT2D eigenvalue weighted by atomic mass is 19.1. The minimum Gasteiger partial charge on any atom is -0.496 e.